The van der Waals surface area contributed by atoms with Crippen LogP contribution < -0.4 is 0 Å². The average molecular weight is 249 g/mol. The molecule has 2 heterocycles. The topological polar surface area (TPSA) is 59.2 Å². The van der Waals surface area contributed by atoms with Crippen LogP contribution in [-0.2, 0) is 4.74 Å². The van der Waals surface area contributed by atoms with Gasteiger partial charge in [0.1, 0.15) is 0 Å². The monoisotopic (exact) mass is 249 g/mol. The SMILES string of the molecule is Cc1c(C(=O)C2CCOC2)[nH]c(C(C)C)c1C=O. The van der Waals surface area contributed by atoms with E-state index in [0.29, 0.717) is 24.5 Å². The molecule has 1 unspecified atom stereocenters. The highest BCUT2D eigenvalue weighted by atomic mass is 16.5. The molecule has 0 bridgehead atoms. The quantitative estimate of drug-likeness (QED) is 0.658. The Morgan fingerprint density at radius 3 is 2.67 bits per heavy atom. The van der Waals surface area contributed by atoms with Crippen molar-refractivity contribution in [2.45, 2.75) is 33.1 Å². The average Bonchev–Trinajstić information content (AvgIpc) is 2.95. The summed E-state index contributed by atoms with van der Waals surface area (Å²) in [7, 11) is 0. The van der Waals surface area contributed by atoms with Gasteiger partial charge in [0.25, 0.3) is 0 Å². The molecule has 1 aliphatic rings. The number of aromatic nitrogens is 1. The van der Waals surface area contributed by atoms with Gasteiger partial charge in [0.15, 0.2) is 12.1 Å². The van der Waals surface area contributed by atoms with Gasteiger partial charge in [-0.1, -0.05) is 13.8 Å². The second kappa shape index (κ2) is 5.06. The number of carbonyl (C=O) groups excluding carboxylic acids is 2. The van der Waals surface area contributed by atoms with Gasteiger partial charge in [0, 0.05) is 23.8 Å². The lowest BCUT2D eigenvalue weighted by molar-refractivity contribution is 0.0895. The number of carbonyl (C=O) groups is 2. The second-order valence-electron chi connectivity index (χ2n) is 5.15. The van der Waals surface area contributed by atoms with Gasteiger partial charge in [-0.05, 0) is 24.8 Å². The first-order chi connectivity index (χ1) is 8.56. The number of hydrogen-bond acceptors (Lipinski definition) is 3. The molecule has 1 N–H and O–H groups in total. The van der Waals surface area contributed by atoms with Crippen LogP contribution >= 0.6 is 0 Å². The zero-order valence-electron chi connectivity index (χ0n) is 11.1. The Morgan fingerprint density at radius 1 is 1.50 bits per heavy atom. The van der Waals surface area contributed by atoms with Gasteiger partial charge in [-0.25, -0.2) is 0 Å². The van der Waals surface area contributed by atoms with Crippen LogP contribution in [0.2, 0.25) is 0 Å². The standard InChI is InChI=1S/C14H19NO3/c1-8(2)12-11(6-16)9(3)13(15-12)14(17)10-4-5-18-7-10/h6,8,10,15H,4-5,7H2,1-3H3. The van der Waals surface area contributed by atoms with Crippen LogP contribution in [0.1, 0.15) is 58.3 Å². The summed E-state index contributed by atoms with van der Waals surface area (Å²) in [5.41, 5.74) is 2.83. The van der Waals surface area contributed by atoms with Crippen LogP contribution in [0.15, 0.2) is 0 Å². The van der Waals surface area contributed by atoms with Crippen LogP contribution in [0.25, 0.3) is 0 Å². The summed E-state index contributed by atoms with van der Waals surface area (Å²) in [5, 5.41) is 0. The van der Waals surface area contributed by atoms with Crippen molar-refractivity contribution in [3.8, 4) is 0 Å². The molecule has 2 rings (SSSR count). The molecule has 0 aromatic carbocycles. The van der Waals surface area contributed by atoms with Crippen molar-refractivity contribution >= 4 is 12.1 Å². The fourth-order valence-electron chi connectivity index (χ4n) is 2.43. The highest BCUT2D eigenvalue weighted by Gasteiger charge is 2.29. The Balaban J connectivity index is 2.38. The number of aromatic amines is 1. The van der Waals surface area contributed by atoms with E-state index < -0.39 is 0 Å². The molecule has 1 aromatic rings. The number of Topliss-reactive ketones (excluding diaryl/α,β-unsaturated/α-hetero) is 1. The summed E-state index contributed by atoms with van der Waals surface area (Å²) in [6, 6.07) is 0. The molecule has 0 radical (unpaired) electrons. The van der Waals surface area contributed by atoms with E-state index in [4.69, 9.17) is 4.74 Å². The van der Waals surface area contributed by atoms with Crippen molar-refractivity contribution in [3.63, 3.8) is 0 Å². The van der Waals surface area contributed by atoms with Crippen LogP contribution in [-0.4, -0.2) is 30.3 Å². The molecule has 4 nitrogen and oxygen atoms in total. The minimum Gasteiger partial charge on any atom is -0.381 e. The summed E-state index contributed by atoms with van der Waals surface area (Å²) in [5.74, 6) is 0.201. The number of rotatable bonds is 4. The molecule has 0 amide bonds. The van der Waals surface area contributed by atoms with E-state index in [1.807, 2.05) is 20.8 Å². The molecular weight excluding hydrogens is 230 g/mol. The Hall–Kier alpha value is -1.42. The van der Waals surface area contributed by atoms with E-state index in [0.717, 1.165) is 24.0 Å². The van der Waals surface area contributed by atoms with Crippen molar-refractivity contribution in [2.24, 2.45) is 5.92 Å². The third kappa shape index (κ3) is 2.12. The lowest BCUT2D eigenvalue weighted by Crippen LogP contribution is -2.16. The van der Waals surface area contributed by atoms with E-state index in [-0.39, 0.29) is 17.6 Å². The Morgan fingerprint density at radius 2 is 2.22 bits per heavy atom. The summed E-state index contributed by atoms with van der Waals surface area (Å²) in [6.07, 6.45) is 1.60. The van der Waals surface area contributed by atoms with Gasteiger partial charge in [-0.15, -0.1) is 0 Å². The van der Waals surface area contributed by atoms with Crippen molar-refractivity contribution in [3.05, 3.63) is 22.5 Å². The Labute approximate surface area is 107 Å². The lowest BCUT2D eigenvalue weighted by atomic mass is 9.97. The highest BCUT2D eigenvalue weighted by Crippen LogP contribution is 2.27. The van der Waals surface area contributed by atoms with Gasteiger partial charge in [0.05, 0.1) is 12.3 Å². The summed E-state index contributed by atoms with van der Waals surface area (Å²) < 4.78 is 5.25. The molecule has 4 heteroatoms. The zero-order chi connectivity index (χ0) is 13.3. The molecule has 1 aromatic heterocycles. The Kier molecular flexibility index (Phi) is 3.66. The van der Waals surface area contributed by atoms with Crippen LogP contribution in [0.3, 0.4) is 0 Å². The van der Waals surface area contributed by atoms with Crippen molar-refractivity contribution in [1.29, 1.82) is 0 Å². The molecule has 18 heavy (non-hydrogen) atoms. The highest BCUT2D eigenvalue weighted by molar-refractivity contribution is 6.00. The first-order valence-corrected chi connectivity index (χ1v) is 6.35. The maximum atomic E-state index is 12.3. The Bertz CT molecular complexity index is 468. The minimum absolute atomic E-state index is 0.0677. The third-order valence-electron chi connectivity index (χ3n) is 3.57. The molecule has 0 aliphatic carbocycles. The summed E-state index contributed by atoms with van der Waals surface area (Å²) >= 11 is 0. The summed E-state index contributed by atoms with van der Waals surface area (Å²) in [4.78, 5) is 26.6. The van der Waals surface area contributed by atoms with E-state index in [1.165, 1.54) is 0 Å². The molecule has 0 saturated carbocycles. The van der Waals surface area contributed by atoms with E-state index in [2.05, 4.69) is 4.98 Å². The van der Waals surface area contributed by atoms with Gasteiger partial charge < -0.3 is 9.72 Å². The minimum atomic E-state index is -0.0677. The van der Waals surface area contributed by atoms with Crippen molar-refractivity contribution in [2.75, 3.05) is 13.2 Å². The van der Waals surface area contributed by atoms with Gasteiger partial charge in [-0.2, -0.15) is 0 Å². The predicted octanol–water partition coefficient (Wildman–Crippen LogP) is 2.48. The maximum Gasteiger partial charge on any atom is 0.184 e. The molecule has 1 saturated heterocycles. The number of H-pyrrole nitrogens is 1. The number of nitrogens with one attached hydrogen (secondary N) is 1. The first-order valence-electron chi connectivity index (χ1n) is 6.35. The molecule has 1 fully saturated rings. The van der Waals surface area contributed by atoms with E-state index in [9.17, 15) is 9.59 Å². The number of hydrogen-bond donors (Lipinski definition) is 1. The predicted molar refractivity (Wildman–Crippen MR) is 68.3 cm³/mol. The normalized spacial score (nSPS) is 19.4. The van der Waals surface area contributed by atoms with Crippen molar-refractivity contribution in [1.82, 2.24) is 4.98 Å². The van der Waals surface area contributed by atoms with Gasteiger partial charge >= 0.3 is 0 Å². The third-order valence-corrected chi connectivity index (χ3v) is 3.57. The lowest BCUT2D eigenvalue weighted by Gasteiger charge is -2.06. The molecule has 0 spiro atoms. The van der Waals surface area contributed by atoms with Crippen LogP contribution in [0.4, 0.5) is 0 Å². The molecular formula is C14H19NO3. The largest absolute Gasteiger partial charge is 0.381 e. The number of ketones is 1. The number of aldehydes is 1. The molecule has 1 atom stereocenters. The molecule has 1 aliphatic heterocycles. The zero-order valence-corrected chi connectivity index (χ0v) is 11.1. The second-order valence-corrected chi connectivity index (χ2v) is 5.15. The number of ether oxygens (including phenoxy) is 1. The van der Waals surface area contributed by atoms with E-state index >= 15 is 0 Å². The molecule has 98 valence electrons. The van der Waals surface area contributed by atoms with Gasteiger partial charge in [0.2, 0.25) is 0 Å². The fourth-order valence-corrected chi connectivity index (χ4v) is 2.43. The van der Waals surface area contributed by atoms with Crippen molar-refractivity contribution < 1.29 is 14.3 Å². The van der Waals surface area contributed by atoms with E-state index in [1.54, 1.807) is 0 Å². The smallest absolute Gasteiger partial charge is 0.184 e. The maximum absolute atomic E-state index is 12.3. The fraction of sp³-hybridized carbons (Fsp3) is 0.571. The van der Waals surface area contributed by atoms with Gasteiger partial charge in [-0.3, -0.25) is 9.59 Å². The van der Waals surface area contributed by atoms with Crippen LogP contribution in [0.5, 0.6) is 0 Å². The van der Waals surface area contributed by atoms with Crippen LogP contribution in [0, 0.1) is 12.8 Å². The summed E-state index contributed by atoms with van der Waals surface area (Å²) in [6.45, 7) is 6.98. The first kappa shape index (κ1) is 13.0.